The first-order valence-corrected chi connectivity index (χ1v) is 9.12. The lowest BCUT2D eigenvalue weighted by Gasteiger charge is -2.03. The van der Waals surface area contributed by atoms with Gasteiger partial charge in [0.25, 0.3) is 5.91 Å². The zero-order valence-electron chi connectivity index (χ0n) is 13.6. The van der Waals surface area contributed by atoms with Crippen LogP contribution >= 0.6 is 22.9 Å². The zero-order chi connectivity index (χ0) is 18.1. The van der Waals surface area contributed by atoms with E-state index in [0.717, 1.165) is 27.2 Å². The molecule has 0 aliphatic heterocycles. The summed E-state index contributed by atoms with van der Waals surface area (Å²) in [7, 11) is 0. The van der Waals surface area contributed by atoms with Crippen molar-refractivity contribution in [1.82, 2.24) is 4.98 Å². The highest BCUT2D eigenvalue weighted by Crippen LogP contribution is 2.34. The molecule has 0 spiro atoms. The fraction of sp³-hybridized carbons (Fsp3) is 0. The van der Waals surface area contributed by atoms with Crippen LogP contribution in [0.1, 0.15) is 9.67 Å². The van der Waals surface area contributed by atoms with Gasteiger partial charge >= 0.3 is 0 Å². The van der Waals surface area contributed by atoms with Crippen LogP contribution in [-0.2, 0) is 0 Å². The normalized spacial score (nSPS) is 10.8. The first kappa shape index (κ1) is 16.6. The number of nitrogens with two attached hydrogens (primary N) is 1. The van der Waals surface area contributed by atoms with E-state index in [-0.39, 0.29) is 5.91 Å². The van der Waals surface area contributed by atoms with Crippen molar-refractivity contribution in [3.8, 4) is 11.3 Å². The fourth-order valence-corrected chi connectivity index (χ4v) is 3.77. The predicted molar refractivity (Wildman–Crippen MR) is 109 cm³/mol. The summed E-state index contributed by atoms with van der Waals surface area (Å²) in [5, 5.41) is 4.32. The maximum atomic E-state index is 12.6. The van der Waals surface area contributed by atoms with Crippen molar-refractivity contribution in [3.05, 3.63) is 76.6 Å². The monoisotopic (exact) mass is 379 g/mol. The molecule has 2 aromatic carbocycles. The average molecular weight is 380 g/mol. The second-order valence-corrected chi connectivity index (χ2v) is 7.16. The van der Waals surface area contributed by atoms with Crippen LogP contribution in [0.3, 0.4) is 0 Å². The maximum Gasteiger partial charge on any atom is 0.267 e. The number of rotatable bonds is 3. The fourth-order valence-electron chi connectivity index (χ4n) is 2.66. The van der Waals surface area contributed by atoms with Gasteiger partial charge in [0.15, 0.2) is 0 Å². The lowest BCUT2D eigenvalue weighted by Crippen LogP contribution is -2.11. The van der Waals surface area contributed by atoms with E-state index < -0.39 is 0 Å². The van der Waals surface area contributed by atoms with Crippen LogP contribution in [0, 0.1) is 0 Å². The summed E-state index contributed by atoms with van der Waals surface area (Å²) in [5.41, 5.74) is 9.14. The van der Waals surface area contributed by atoms with E-state index in [0.29, 0.717) is 15.6 Å². The van der Waals surface area contributed by atoms with Gasteiger partial charge in [0.1, 0.15) is 9.71 Å². The van der Waals surface area contributed by atoms with Gasteiger partial charge in [-0.1, -0.05) is 41.9 Å². The number of pyridine rings is 1. The van der Waals surface area contributed by atoms with Gasteiger partial charge in [-0.05, 0) is 36.4 Å². The molecule has 2 heterocycles. The quantitative estimate of drug-likeness (QED) is 0.497. The molecular weight excluding hydrogens is 366 g/mol. The second kappa shape index (κ2) is 6.78. The number of amides is 1. The minimum absolute atomic E-state index is 0.232. The number of benzene rings is 2. The molecule has 2 aromatic heterocycles. The Balaban J connectivity index is 1.70. The van der Waals surface area contributed by atoms with Gasteiger partial charge in [-0.3, -0.25) is 4.79 Å². The van der Waals surface area contributed by atoms with Gasteiger partial charge in [-0.25, -0.2) is 4.98 Å². The number of para-hydroxylation sites is 1. The highest BCUT2D eigenvalue weighted by molar-refractivity contribution is 7.21. The van der Waals surface area contributed by atoms with Crippen molar-refractivity contribution in [1.29, 1.82) is 0 Å². The molecular formula is C20H14ClN3OS. The van der Waals surface area contributed by atoms with Crippen molar-refractivity contribution in [2.45, 2.75) is 0 Å². The summed E-state index contributed by atoms with van der Waals surface area (Å²) in [6.07, 6.45) is 0. The molecule has 0 radical (unpaired) electrons. The summed E-state index contributed by atoms with van der Waals surface area (Å²) >= 11 is 7.23. The molecule has 0 unspecified atom stereocenters. The number of carbonyl (C=O) groups excluding carboxylic acids is 1. The number of thiophene rings is 1. The number of halogens is 1. The van der Waals surface area contributed by atoms with Gasteiger partial charge in [-0.15, -0.1) is 11.3 Å². The van der Waals surface area contributed by atoms with Gasteiger partial charge in [0.05, 0.1) is 11.4 Å². The van der Waals surface area contributed by atoms with Crippen molar-refractivity contribution in [3.63, 3.8) is 0 Å². The minimum atomic E-state index is -0.232. The standard InChI is InChI=1S/C20H14ClN3OS/c21-13-8-6-12(7-9-13)16-11-10-15-17(22)18(26-20(15)24-16)19(25)23-14-4-2-1-3-5-14/h1-11H,22H2,(H,23,25). The van der Waals surface area contributed by atoms with Crippen LogP contribution in [0.25, 0.3) is 21.5 Å². The number of aromatic nitrogens is 1. The van der Waals surface area contributed by atoms with E-state index in [1.54, 1.807) is 0 Å². The summed E-state index contributed by atoms with van der Waals surface area (Å²) in [6, 6.07) is 20.6. The second-order valence-electron chi connectivity index (χ2n) is 5.72. The molecule has 128 valence electrons. The van der Waals surface area contributed by atoms with Crippen molar-refractivity contribution < 1.29 is 4.79 Å². The zero-order valence-corrected chi connectivity index (χ0v) is 15.1. The third-order valence-corrected chi connectivity index (χ3v) is 5.34. The SMILES string of the molecule is Nc1c(C(=O)Nc2ccccc2)sc2nc(-c3ccc(Cl)cc3)ccc12. The number of hydrogen-bond acceptors (Lipinski definition) is 4. The third-order valence-electron chi connectivity index (χ3n) is 3.97. The van der Waals surface area contributed by atoms with Gasteiger partial charge < -0.3 is 11.1 Å². The number of anilines is 2. The van der Waals surface area contributed by atoms with Crippen molar-refractivity contribution in [2.24, 2.45) is 0 Å². The minimum Gasteiger partial charge on any atom is -0.397 e. The van der Waals surface area contributed by atoms with E-state index >= 15 is 0 Å². The molecule has 0 atom stereocenters. The van der Waals surface area contributed by atoms with Crippen LogP contribution in [0.5, 0.6) is 0 Å². The first-order valence-electron chi connectivity index (χ1n) is 7.93. The van der Waals surface area contributed by atoms with E-state index in [9.17, 15) is 4.79 Å². The van der Waals surface area contributed by atoms with E-state index in [4.69, 9.17) is 17.3 Å². The highest BCUT2D eigenvalue weighted by atomic mass is 35.5. The van der Waals surface area contributed by atoms with Crippen molar-refractivity contribution >= 4 is 50.4 Å². The molecule has 0 saturated heterocycles. The number of nitrogen functional groups attached to an aromatic ring is 1. The highest BCUT2D eigenvalue weighted by Gasteiger charge is 2.18. The van der Waals surface area contributed by atoms with Crippen LogP contribution < -0.4 is 11.1 Å². The summed E-state index contributed by atoms with van der Waals surface area (Å²) in [6.45, 7) is 0. The largest absolute Gasteiger partial charge is 0.397 e. The summed E-state index contributed by atoms with van der Waals surface area (Å²) < 4.78 is 0. The number of nitrogens with one attached hydrogen (secondary N) is 1. The molecule has 0 fully saturated rings. The Morgan fingerprint density at radius 2 is 1.73 bits per heavy atom. The molecule has 4 aromatic rings. The molecule has 4 nitrogen and oxygen atoms in total. The van der Waals surface area contributed by atoms with E-state index in [2.05, 4.69) is 10.3 Å². The van der Waals surface area contributed by atoms with Gasteiger partial charge in [-0.2, -0.15) is 0 Å². The van der Waals surface area contributed by atoms with Gasteiger partial charge in [0.2, 0.25) is 0 Å². The number of hydrogen-bond donors (Lipinski definition) is 2. The number of fused-ring (bicyclic) bond motifs is 1. The molecule has 0 saturated carbocycles. The van der Waals surface area contributed by atoms with Crippen LogP contribution in [0.2, 0.25) is 5.02 Å². The van der Waals surface area contributed by atoms with E-state index in [1.165, 1.54) is 11.3 Å². The molecule has 6 heteroatoms. The number of nitrogens with zero attached hydrogens (tertiary/aromatic N) is 1. The Morgan fingerprint density at radius 3 is 2.46 bits per heavy atom. The van der Waals surface area contributed by atoms with Crippen molar-refractivity contribution in [2.75, 3.05) is 11.1 Å². The Hall–Kier alpha value is -2.89. The molecule has 0 aliphatic carbocycles. The Kier molecular flexibility index (Phi) is 4.32. The van der Waals surface area contributed by atoms with Crippen LogP contribution in [-0.4, -0.2) is 10.9 Å². The number of carbonyl (C=O) groups is 1. The molecule has 0 bridgehead atoms. The third kappa shape index (κ3) is 3.14. The smallest absolute Gasteiger partial charge is 0.267 e. The molecule has 4 rings (SSSR count). The van der Waals surface area contributed by atoms with Crippen LogP contribution in [0.4, 0.5) is 11.4 Å². The van der Waals surface area contributed by atoms with Gasteiger partial charge in [0, 0.05) is 21.7 Å². The maximum absolute atomic E-state index is 12.6. The first-order chi connectivity index (χ1) is 12.6. The molecule has 3 N–H and O–H groups in total. The molecule has 1 amide bonds. The average Bonchev–Trinajstić information content (AvgIpc) is 2.99. The Morgan fingerprint density at radius 1 is 1.00 bits per heavy atom. The molecule has 26 heavy (non-hydrogen) atoms. The lowest BCUT2D eigenvalue weighted by atomic mass is 10.1. The lowest BCUT2D eigenvalue weighted by molar-refractivity contribution is 0.103. The predicted octanol–water partition coefficient (Wildman–Crippen LogP) is 5.45. The van der Waals surface area contributed by atoms with E-state index in [1.807, 2.05) is 66.7 Å². The summed E-state index contributed by atoms with van der Waals surface area (Å²) in [5.74, 6) is -0.232. The Bertz CT molecular complexity index is 1090. The summed E-state index contributed by atoms with van der Waals surface area (Å²) in [4.78, 5) is 18.4. The topological polar surface area (TPSA) is 68.0 Å². The van der Waals surface area contributed by atoms with Crippen LogP contribution in [0.15, 0.2) is 66.7 Å². The molecule has 0 aliphatic rings. The Labute approximate surface area is 159 Å².